The Labute approximate surface area is 108 Å². The molecule has 0 spiro atoms. The Balaban J connectivity index is 2.02. The fourth-order valence-electron chi connectivity index (χ4n) is 3.12. The first-order valence-electron chi connectivity index (χ1n) is 6.89. The van der Waals surface area contributed by atoms with Crippen LogP contribution < -0.4 is 15.2 Å². The molecule has 1 aliphatic carbocycles. The number of hydrogen-bond donors (Lipinski definition) is 1. The Morgan fingerprint density at radius 1 is 1.00 bits per heavy atom. The third-order valence-electron chi connectivity index (χ3n) is 4.13. The van der Waals surface area contributed by atoms with Crippen LogP contribution in [0.25, 0.3) is 0 Å². The molecule has 1 saturated carbocycles. The topological polar surface area (TPSA) is 44.5 Å². The summed E-state index contributed by atoms with van der Waals surface area (Å²) in [6.07, 6.45) is 5.55. The van der Waals surface area contributed by atoms with Gasteiger partial charge in [0.05, 0.1) is 13.2 Å². The van der Waals surface area contributed by atoms with Crippen molar-refractivity contribution in [2.45, 2.75) is 44.6 Å². The van der Waals surface area contributed by atoms with E-state index in [2.05, 4.69) is 19.1 Å². The molecule has 0 aromatic heterocycles. The van der Waals surface area contributed by atoms with Crippen LogP contribution in [0.4, 0.5) is 0 Å². The van der Waals surface area contributed by atoms with Crippen molar-refractivity contribution in [1.82, 2.24) is 0 Å². The van der Waals surface area contributed by atoms with Gasteiger partial charge in [-0.05, 0) is 43.0 Å². The van der Waals surface area contributed by atoms with Crippen molar-refractivity contribution >= 4 is 0 Å². The fraction of sp³-hybridized carbons (Fsp3) is 0.600. The minimum Gasteiger partial charge on any atom is -0.490 e. The van der Waals surface area contributed by atoms with E-state index in [9.17, 15) is 0 Å². The molecule has 0 bridgehead atoms. The molecule has 18 heavy (non-hydrogen) atoms. The monoisotopic (exact) mass is 247 g/mol. The van der Waals surface area contributed by atoms with Crippen molar-refractivity contribution in [1.29, 1.82) is 0 Å². The molecule has 3 heteroatoms. The minimum atomic E-state index is -0.158. The minimum absolute atomic E-state index is 0.158. The van der Waals surface area contributed by atoms with Gasteiger partial charge in [0.15, 0.2) is 11.5 Å². The van der Waals surface area contributed by atoms with Crippen LogP contribution in [0.3, 0.4) is 0 Å². The Bertz CT molecular complexity index is 450. The first-order chi connectivity index (χ1) is 8.69. The van der Waals surface area contributed by atoms with Crippen LogP contribution in [0.15, 0.2) is 12.1 Å². The van der Waals surface area contributed by atoms with Crippen LogP contribution in [-0.4, -0.2) is 13.2 Å². The molecule has 0 amide bonds. The largest absolute Gasteiger partial charge is 0.490 e. The van der Waals surface area contributed by atoms with Crippen molar-refractivity contribution in [3.8, 4) is 11.5 Å². The van der Waals surface area contributed by atoms with Gasteiger partial charge in [0.25, 0.3) is 0 Å². The third kappa shape index (κ3) is 1.97. The summed E-state index contributed by atoms with van der Waals surface area (Å²) >= 11 is 0. The molecule has 2 aliphatic rings. The van der Waals surface area contributed by atoms with Crippen molar-refractivity contribution in [3.63, 3.8) is 0 Å². The Hall–Kier alpha value is -1.22. The van der Waals surface area contributed by atoms with Gasteiger partial charge >= 0.3 is 0 Å². The van der Waals surface area contributed by atoms with Crippen LogP contribution in [0.5, 0.6) is 11.5 Å². The maximum Gasteiger partial charge on any atom is 0.161 e. The molecule has 3 nitrogen and oxygen atoms in total. The lowest BCUT2D eigenvalue weighted by molar-refractivity contribution is 0.296. The molecular formula is C15H21NO2. The van der Waals surface area contributed by atoms with Crippen LogP contribution in [0.2, 0.25) is 0 Å². The van der Waals surface area contributed by atoms with Gasteiger partial charge < -0.3 is 15.2 Å². The van der Waals surface area contributed by atoms with E-state index in [1.807, 2.05) is 0 Å². The van der Waals surface area contributed by atoms with E-state index >= 15 is 0 Å². The highest BCUT2D eigenvalue weighted by Gasteiger charge is 2.33. The number of aryl methyl sites for hydroxylation is 1. The van der Waals surface area contributed by atoms with Crippen molar-refractivity contribution in [3.05, 3.63) is 23.3 Å². The quantitative estimate of drug-likeness (QED) is 0.830. The molecule has 3 rings (SSSR count). The predicted octanol–water partition coefficient (Wildman–Crippen LogP) is 2.88. The molecular weight excluding hydrogens is 226 g/mol. The lowest BCUT2D eigenvalue weighted by atomic mass is 9.86. The number of ether oxygens (including phenoxy) is 2. The molecule has 1 aliphatic heterocycles. The maximum atomic E-state index is 6.56. The lowest BCUT2D eigenvalue weighted by Crippen LogP contribution is -2.33. The SMILES string of the molecule is Cc1cc2c(cc1C1(N)CCCC1)OCCCO2. The van der Waals surface area contributed by atoms with E-state index in [0.717, 1.165) is 44.0 Å². The molecule has 0 radical (unpaired) electrons. The molecule has 0 saturated heterocycles. The molecule has 1 aromatic carbocycles. The number of nitrogens with two attached hydrogens (primary N) is 1. The van der Waals surface area contributed by atoms with E-state index < -0.39 is 0 Å². The first kappa shape index (κ1) is 11.8. The summed E-state index contributed by atoms with van der Waals surface area (Å²) in [4.78, 5) is 0. The lowest BCUT2D eigenvalue weighted by Gasteiger charge is -2.27. The van der Waals surface area contributed by atoms with Gasteiger partial charge in [0.2, 0.25) is 0 Å². The highest BCUT2D eigenvalue weighted by molar-refractivity contribution is 5.49. The molecule has 1 heterocycles. The van der Waals surface area contributed by atoms with Gasteiger partial charge in [-0.25, -0.2) is 0 Å². The molecule has 98 valence electrons. The van der Waals surface area contributed by atoms with Crippen molar-refractivity contribution in [2.75, 3.05) is 13.2 Å². The summed E-state index contributed by atoms with van der Waals surface area (Å²) in [6, 6.07) is 4.20. The second-order valence-corrected chi connectivity index (χ2v) is 5.53. The molecule has 0 unspecified atom stereocenters. The van der Waals surface area contributed by atoms with Gasteiger partial charge in [0.1, 0.15) is 0 Å². The van der Waals surface area contributed by atoms with E-state index in [4.69, 9.17) is 15.2 Å². The van der Waals surface area contributed by atoms with Crippen molar-refractivity contribution < 1.29 is 9.47 Å². The highest BCUT2D eigenvalue weighted by atomic mass is 16.5. The molecule has 2 N–H and O–H groups in total. The molecule has 0 atom stereocenters. The maximum absolute atomic E-state index is 6.56. The number of fused-ring (bicyclic) bond motifs is 1. The van der Waals surface area contributed by atoms with Crippen LogP contribution in [-0.2, 0) is 5.54 Å². The number of benzene rings is 1. The van der Waals surface area contributed by atoms with Crippen LogP contribution >= 0.6 is 0 Å². The number of hydrogen-bond acceptors (Lipinski definition) is 3. The van der Waals surface area contributed by atoms with Crippen molar-refractivity contribution in [2.24, 2.45) is 5.73 Å². The van der Waals surface area contributed by atoms with E-state index in [1.165, 1.54) is 24.0 Å². The normalized spacial score (nSPS) is 21.7. The van der Waals surface area contributed by atoms with Gasteiger partial charge in [-0.15, -0.1) is 0 Å². The smallest absolute Gasteiger partial charge is 0.161 e. The molecule has 1 aromatic rings. The van der Waals surface area contributed by atoms with E-state index in [-0.39, 0.29) is 5.54 Å². The molecule has 1 fully saturated rings. The Kier molecular flexibility index (Phi) is 2.94. The first-order valence-corrected chi connectivity index (χ1v) is 6.89. The summed E-state index contributed by atoms with van der Waals surface area (Å²) in [5, 5.41) is 0. The second-order valence-electron chi connectivity index (χ2n) is 5.53. The average Bonchev–Trinajstić information content (AvgIpc) is 2.66. The summed E-state index contributed by atoms with van der Waals surface area (Å²) in [6.45, 7) is 3.59. The zero-order valence-electron chi connectivity index (χ0n) is 11.0. The summed E-state index contributed by atoms with van der Waals surface area (Å²) in [7, 11) is 0. The van der Waals surface area contributed by atoms with E-state index in [1.54, 1.807) is 0 Å². The van der Waals surface area contributed by atoms with Gasteiger partial charge in [0, 0.05) is 12.0 Å². The zero-order chi connectivity index (χ0) is 12.6. The van der Waals surface area contributed by atoms with Crippen LogP contribution in [0, 0.1) is 6.92 Å². The summed E-state index contributed by atoms with van der Waals surface area (Å²) in [5.74, 6) is 1.74. The van der Waals surface area contributed by atoms with Gasteiger partial charge in [-0.2, -0.15) is 0 Å². The third-order valence-corrected chi connectivity index (χ3v) is 4.13. The van der Waals surface area contributed by atoms with Crippen LogP contribution in [0.1, 0.15) is 43.2 Å². The van der Waals surface area contributed by atoms with Gasteiger partial charge in [-0.1, -0.05) is 12.8 Å². The number of rotatable bonds is 1. The second kappa shape index (κ2) is 4.47. The average molecular weight is 247 g/mol. The summed E-state index contributed by atoms with van der Waals surface area (Å²) < 4.78 is 11.5. The highest BCUT2D eigenvalue weighted by Crippen LogP contribution is 2.42. The Morgan fingerprint density at radius 3 is 2.28 bits per heavy atom. The Morgan fingerprint density at radius 2 is 1.61 bits per heavy atom. The predicted molar refractivity (Wildman–Crippen MR) is 71.1 cm³/mol. The standard InChI is InChI=1S/C15H21NO2/c1-11-9-13-14(18-8-4-7-17-13)10-12(11)15(16)5-2-3-6-15/h9-10H,2-8,16H2,1H3. The summed E-state index contributed by atoms with van der Waals surface area (Å²) in [5.41, 5.74) is 8.86. The fourth-order valence-corrected chi connectivity index (χ4v) is 3.12. The van der Waals surface area contributed by atoms with E-state index in [0.29, 0.717) is 0 Å². The zero-order valence-corrected chi connectivity index (χ0v) is 11.0. The van der Waals surface area contributed by atoms with Gasteiger partial charge in [-0.3, -0.25) is 0 Å².